The zero-order valence-corrected chi connectivity index (χ0v) is 13.6. The summed E-state index contributed by atoms with van der Waals surface area (Å²) in [6.07, 6.45) is 2.24. The fraction of sp³-hybridized carbons (Fsp3) is 0.333. The van der Waals surface area contributed by atoms with Crippen molar-refractivity contribution in [2.24, 2.45) is 0 Å². The molecule has 0 fully saturated rings. The van der Waals surface area contributed by atoms with E-state index >= 15 is 0 Å². The topological polar surface area (TPSA) is 88.0 Å². The van der Waals surface area contributed by atoms with Gasteiger partial charge in [0, 0.05) is 12.0 Å². The monoisotopic (exact) mass is 328 g/mol. The van der Waals surface area contributed by atoms with Gasteiger partial charge < -0.3 is 20.4 Å². The maximum atomic E-state index is 12.4. The molecule has 1 aromatic heterocycles. The average Bonchev–Trinajstić information content (AvgIpc) is 3.12. The van der Waals surface area contributed by atoms with Crippen molar-refractivity contribution in [1.29, 1.82) is 0 Å². The van der Waals surface area contributed by atoms with Crippen LogP contribution in [0.5, 0.6) is 0 Å². The number of fused-ring (bicyclic) bond motifs is 1. The summed E-state index contributed by atoms with van der Waals surface area (Å²) in [5.74, 6) is 0.347. The predicted octanol–water partition coefficient (Wildman–Crippen LogP) is 0.0888. The molecule has 0 unspecified atom stereocenters. The van der Waals surface area contributed by atoms with Gasteiger partial charge in [-0.2, -0.15) is 0 Å². The Morgan fingerprint density at radius 3 is 2.79 bits per heavy atom. The number of benzene rings is 1. The summed E-state index contributed by atoms with van der Waals surface area (Å²) in [5, 5.41) is 7.57. The molecule has 0 radical (unpaired) electrons. The van der Waals surface area contributed by atoms with Gasteiger partial charge in [-0.15, -0.1) is 0 Å². The van der Waals surface area contributed by atoms with Crippen LogP contribution in [-0.2, 0) is 29.1 Å². The van der Waals surface area contributed by atoms with Crippen LogP contribution in [0.4, 0.5) is 0 Å². The minimum absolute atomic E-state index is 0.106. The van der Waals surface area contributed by atoms with Crippen molar-refractivity contribution >= 4 is 11.8 Å². The summed E-state index contributed by atoms with van der Waals surface area (Å²) >= 11 is 0. The van der Waals surface area contributed by atoms with Gasteiger partial charge in [-0.3, -0.25) is 9.59 Å². The van der Waals surface area contributed by atoms with Crippen LogP contribution in [0.15, 0.2) is 47.1 Å². The molecule has 0 saturated heterocycles. The van der Waals surface area contributed by atoms with Gasteiger partial charge in [0.15, 0.2) is 6.04 Å². The lowest BCUT2D eigenvalue weighted by Gasteiger charge is -2.23. The first-order chi connectivity index (χ1) is 11.6. The number of nitrogens with one attached hydrogen (secondary N) is 2. The largest absolute Gasteiger partial charge is 0.467 e. The fourth-order valence-electron chi connectivity index (χ4n) is 2.87. The first kappa shape index (κ1) is 16.3. The van der Waals surface area contributed by atoms with Crippen molar-refractivity contribution in [1.82, 2.24) is 10.6 Å². The SMILES string of the molecule is C[C@H](NC(=O)[C@@H]1Cc2ccccc2C[NH2+]1)C(=O)NCc1ccco1. The fourth-order valence-corrected chi connectivity index (χ4v) is 2.87. The van der Waals surface area contributed by atoms with E-state index in [1.807, 2.05) is 17.4 Å². The van der Waals surface area contributed by atoms with Gasteiger partial charge in [0.05, 0.1) is 12.8 Å². The Balaban J connectivity index is 1.50. The molecule has 4 N–H and O–H groups in total. The molecule has 0 aliphatic carbocycles. The second-order valence-corrected chi connectivity index (χ2v) is 6.05. The van der Waals surface area contributed by atoms with E-state index in [1.54, 1.807) is 25.3 Å². The molecular weight excluding hydrogens is 306 g/mol. The standard InChI is InChI=1S/C18H21N3O3/c1-12(17(22)20-11-15-7-4-8-24-15)21-18(23)16-9-13-5-2-3-6-14(13)10-19-16/h2-8,12,16,19H,9-11H2,1H3,(H,20,22)(H,21,23)/p+1/t12-,16-/m0/s1. The third kappa shape index (κ3) is 3.83. The summed E-state index contributed by atoms with van der Waals surface area (Å²) < 4.78 is 5.17. The number of rotatable bonds is 5. The Morgan fingerprint density at radius 1 is 1.25 bits per heavy atom. The Labute approximate surface area is 140 Å². The molecule has 0 saturated carbocycles. The Morgan fingerprint density at radius 2 is 2.04 bits per heavy atom. The Kier molecular flexibility index (Phi) is 4.96. The van der Waals surface area contributed by atoms with Crippen molar-refractivity contribution in [3.8, 4) is 0 Å². The van der Waals surface area contributed by atoms with Gasteiger partial charge in [0.2, 0.25) is 5.91 Å². The molecule has 3 rings (SSSR count). The van der Waals surface area contributed by atoms with Crippen molar-refractivity contribution in [3.05, 3.63) is 59.5 Å². The second-order valence-electron chi connectivity index (χ2n) is 6.05. The first-order valence-corrected chi connectivity index (χ1v) is 8.14. The quantitative estimate of drug-likeness (QED) is 0.727. The second kappa shape index (κ2) is 7.31. The third-order valence-corrected chi connectivity index (χ3v) is 4.29. The zero-order chi connectivity index (χ0) is 16.9. The van der Waals surface area contributed by atoms with E-state index in [9.17, 15) is 9.59 Å². The van der Waals surface area contributed by atoms with Crippen LogP contribution < -0.4 is 16.0 Å². The zero-order valence-electron chi connectivity index (χ0n) is 13.6. The van der Waals surface area contributed by atoms with E-state index in [0.29, 0.717) is 18.7 Å². The minimum Gasteiger partial charge on any atom is -0.467 e. The van der Waals surface area contributed by atoms with Gasteiger partial charge in [-0.05, 0) is 24.6 Å². The molecule has 2 aromatic rings. The molecule has 0 bridgehead atoms. The summed E-state index contributed by atoms with van der Waals surface area (Å²) in [6.45, 7) is 2.79. The number of quaternary nitrogens is 1. The molecule has 24 heavy (non-hydrogen) atoms. The van der Waals surface area contributed by atoms with Gasteiger partial charge in [0.25, 0.3) is 5.91 Å². The molecule has 2 atom stereocenters. The van der Waals surface area contributed by atoms with E-state index in [2.05, 4.69) is 22.8 Å². The third-order valence-electron chi connectivity index (χ3n) is 4.29. The number of nitrogens with two attached hydrogens (primary N) is 1. The van der Waals surface area contributed by atoms with E-state index in [-0.39, 0.29) is 17.9 Å². The Hall–Kier alpha value is -2.60. The van der Waals surface area contributed by atoms with Crippen LogP contribution >= 0.6 is 0 Å². The summed E-state index contributed by atoms with van der Waals surface area (Å²) in [7, 11) is 0. The molecule has 126 valence electrons. The van der Waals surface area contributed by atoms with Gasteiger partial charge in [-0.25, -0.2) is 0 Å². The van der Waals surface area contributed by atoms with Gasteiger partial charge in [0.1, 0.15) is 18.3 Å². The van der Waals surface area contributed by atoms with E-state index in [4.69, 9.17) is 4.42 Å². The maximum absolute atomic E-state index is 12.4. The summed E-state index contributed by atoms with van der Waals surface area (Å²) in [5.41, 5.74) is 2.47. The van der Waals surface area contributed by atoms with E-state index in [1.165, 1.54) is 11.1 Å². The number of hydrogen-bond donors (Lipinski definition) is 3. The molecule has 6 nitrogen and oxygen atoms in total. The average molecular weight is 328 g/mol. The van der Waals surface area contributed by atoms with Crippen LogP contribution in [-0.4, -0.2) is 23.9 Å². The van der Waals surface area contributed by atoms with Crippen LogP contribution in [0.25, 0.3) is 0 Å². The van der Waals surface area contributed by atoms with Gasteiger partial charge in [-0.1, -0.05) is 24.3 Å². The number of carbonyl (C=O) groups is 2. The predicted molar refractivity (Wildman–Crippen MR) is 87.7 cm³/mol. The number of carbonyl (C=O) groups excluding carboxylic acids is 2. The smallest absolute Gasteiger partial charge is 0.279 e. The summed E-state index contributed by atoms with van der Waals surface area (Å²) in [4.78, 5) is 24.5. The highest BCUT2D eigenvalue weighted by Crippen LogP contribution is 2.12. The highest BCUT2D eigenvalue weighted by molar-refractivity contribution is 5.89. The Bertz CT molecular complexity index is 712. The van der Waals surface area contributed by atoms with E-state index < -0.39 is 6.04 Å². The maximum Gasteiger partial charge on any atom is 0.279 e. The molecule has 1 aliphatic rings. The van der Waals surface area contributed by atoms with Crippen molar-refractivity contribution in [3.63, 3.8) is 0 Å². The molecule has 0 spiro atoms. The number of hydrogen-bond acceptors (Lipinski definition) is 3. The molecule has 1 aromatic carbocycles. The van der Waals surface area contributed by atoms with Crippen LogP contribution in [0, 0.1) is 0 Å². The van der Waals surface area contributed by atoms with Crippen LogP contribution in [0.1, 0.15) is 23.8 Å². The van der Waals surface area contributed by atoms with E-state index in [0.717, 1.165) is 6.54 Å². The molecule has 2 amide bonds. The molecule has 1 aliphatic heterocycles. The first-order valence-electron chi connectivity index (χ1n) is 8.14. The van der Waals surface area contributed by atoms with Crippen molar-refractivity contribution in [2.45, 2.75) is 38.5 Å². The lowest BCUT2D eigenvalue weighted by atomic mass is 9.95. The minimum atomic E-state index is -0.585. The number of furan rings is 1. The van der Waals surface area contributed by atoms with Crippen LogP contribution in [0.2, 0.25) is 0 Å². The number of amides is 2. The van der Waals surface area contributed by atoms with Crippen LogP contribution in [0.3, 0.4) is 0 Å². The lowest BCUT2D eigenvalue weighted by Crippen LogP contribution is -2.93. The molecular formula is C18H22N3O3+. The van der Waals surface area contributed by atoms with Crippen molar-refractivity contribution in [2.75, 3.05) is 0 Å². The van der Waals surface area contributed by atoms with Crippen molar-refractivity contribution < 1.29 is 19.3 Å². The molecule has 2 heterocycles. The summed E-state index contributed by atoms with van der Waals surface area (Å²) in [6, 6.07) is 10.9. The normalized spacial score (nSPS) is 17.6. The highest BCUT2D eigenvalue weighted by Gasteiger charge is 2.29. The lowest BCUT2D eigenvalue weighted by molar-refractivity contribution is -0.695. The van der Waals surface area contributed by atoms with Gasteiger partial charge >= 0.3 is 0 Å². The molecule has 6 heteroatoms. The highest BCUT2D eigenvalue weighted by atomic mass is 16.3.